The fraction of sp³-hybridized carbons (Fsp3) is 0.625. The summed E-state index contributed by atoms with van der Waals surface area (Å²) in [6.07, 6.45) is 3.36. The number of anilines is 1. The zero-order chi connectivity index (χ0) is 16.5. The maximum absolute atomic E-state index is 11.8. The number of carbonyl (C=O) groups is 2. The van der Waals surface area contributed by atoms with Gasteiger partial charge in [-0.25, -0.2) is 4.79 Å². The lowest BCUT2D eigenvalue weighted by molar-refractivity contribution is 0.1000. The Balaban J connectivity index is 2.35. The van der Waals surface area contributed by atoms with Gasteiger partial charge in [0.2, 0.25) is 0 Å². The molecule has 122 valence electrons. The number of thiophene rings is 1. The molecule has 1 aromatic rings. The zero-order valence-electron chi connectivity index (χ0n) is 13.6. The standard InChI is InChI=1S/C16H24N2O3S/c1-5-16(2,3)9-6-7-10-11(8-9)22-14(12(10)13(17)19)18-15(20)21-4/h9H,5-8H2,1-4H3,(H2,17,19)(H,18,20). The van der Waals surface area contributed by atoms with Crippen molar-refractivity contribution in [3.63, 3.8) is 0 Å². The number of amides is 2. The second kappa shape index (κ2) is 6.28. The number of nitrogens with two attached hydrogens (primary N) is 1. The van der Waals surface area contributed by atoms with Crippen LogP contribution in [0.3, 0.4) is 0 Å². The molecule has 1 aliphatic carbocycles. The summed E-state index contributed by atoms with van der Waals surface area (Å²) in [5, 5.41) is 3.14. The normalized spacial score (nSPS) is 17.7. The Labute approximate surface area is 135 Å². The Hall–Kier alpha value is -1.56. The predicted molar refractivity (Wildman–Crippen MR) is 88.5 cm³/mol. The van der Waals surface area contributed by atoms with Crippen molar-refractivity contribution in [3.05, 3.63) is 16.0 Å². The molecule has 0 spiro atoms. The molecule has 6 heteroatoms. The van der Waals surface area contributed by atoms with Crippen LogP contribution in [-0.2, 0) is 17.6 Å². The highest BCUT2D eigenvalue weighted by atomic mass is 32.1. The number of carbonyl (C=O) groups excluding carboxylic acids is 2. The first-order chi connectivity index (χ1) is 10.3. The Morgan fingerprint density at radius 1 is 1.45 bits per heavy atom. The van der Waals surface area contributed by atoms with Crippen LogP contribution in [0.4, 0.5) is 9.80 Å². The van der Waals surface area contributed by atoms with Crippen molar-refractivity contribution in [2.45, 2.75) is 46.5 Å². The van der Waals surface area contributed by atoms with Gasteiger partial charge in [-0.15, -0.1) is 11.3 Å². The summed E-state index contributed by atoms with van der Waals surface area (Å²) in [7, 11) is 1.30. The molecular weight excluding hydrogens is 300 g/mol. The highest BCUT2D eigenvalue weighted by Crippen LogP contribution is 2.45. The molecule has 1 aliphatic rings. The number of fused-ring (bicyclic) bond motifs is 1. The smallest absolute Gasteiger partial charge is 0.411 e. The molecule has 22 heavy (non-hydrogen) atoms. The van der Waals surface area contributed by atoms with E-state index in [0.29, 0.717) is 16.5 Å². The topological polar surface area (TPSA) is 81.4 Å². The summed E-state index contributed by atoms with van der Waals surface area (Å²) >= 11 is 1.45. The van der Waals surface area contributed by atoms with Crippen molar-refractivity contribution in [1.82, 2.24) is 0 Å². The van der Waals surface area contributed by atoms with Gasteiger partial charge in [-0.1, -0.05) is 27.2 Å². The number of rotatable bonds is 4. The molecular formula is C16H24N2O3S. The summed E-state index contributed by atoms with van der Waals surface area (Å²) in [4.78, 5) is 24.4. The van der Waals surface area contributed by atoms with Crippen LogP contribution in [0.25, 0.3) is 0 Å². The second-order valence-electron chi connectivity index (χ2n) is 6.47. The summed E-state index contributed by atoms with van der Waals surface area (Å²) < 4.78 is 4.62. The van der Waals surface area contributed by atoms with E-state index in [1.165, 1.54) is 18.4 Å². The van der Waals surface area contributed by atoms with E-state index in [1.807, 2.05) is 0 Å². The van der Waals surface area contributed by atoms with Gasteiger partial charge in [0.25, 0.3) is 5.91 Å². The molecule has 0 bridgehead atoms. The van der Waals surface area contributed by atoms with Crippen molar-refractivity contribution in [2.75, 3.05) is 12.4 Å². The molecule has 0 aromatic carbocycles. The van der Waals surface area contributed by atoms with Crippen LogP contribution in [0.2, 0.25) is 0 Å². The molecule has 1 unspecified atom stereocenters. The Morgan fingerprint density at radius 3 is 2.68 bits per heavy atom. The van der Waals surface area contributed by atoms with Gasteiger partial charge in [0, 0.05) is 4.88 Å². The molecule has 2 rings (SSSR count). The number of methoxy groups -OCH3 is 1. The van der Waals surface area contributed by atoms with Gasteiger partial charge in [0.05, 0.1) is 12.7 Å². The van der Waals surface area contributed by atoms with Crippen molar-refractivity contribution in [3.8, 4) is 0 Å². The molecule has 0 radical (unpaired) electrons. The summed E-state index contributed by atoms with van der Waals surface area (Å²) in [6.45, 7) is 6.79. The lowest BCUT2D eigenvalue weighted by atomic mass is 9.69. The maximum atomic E-state index is 11.8. The highest BCUT2D eigenvalue weighted by Gasteiger charge is 2.34. The van der Waals surface area contributed by atoms with Crippen LogP contribution in [0, 0.1) is 11.3 Å². The van der Waals surface area contributed by atoms with Gasteiger partial charge in [-0.05, 0) is 36.2 Å². The fourth-order valence-corrected chi connectivity index (χ4v) is 4.35. The Morgan fingerprint density at radius 2 is 2.14 bits per heavy atom. The average molecular weight is 324 g/mol. The maximum Gasteiger partial charge on any atom is 0.411 e. The van der Waals surface area contributed by atoms with E-state index in [1.54, 1.807) is 0 Å². The largest absolute Gasteiger partial charge is 0.453 e. The minimum absolute atomic E-state index is 0.268. The molecule has 2 amide bonds. The SMILES string of the molecule is CCC(C)(C)C1CCc2c(sc(NC(=O)OC)c2C(N)=O)C1. The molecule has 1 atom stereocenters. The first-order valence-corrected chi connectivity index (χ1v) is 8.41. The molecule has 3 N–H and O–H groups in total. The van der Waals surface area contributed by atoms with Crippen LogP contribution >= 0.6 is 11.3 Å². The van der Waals surface area contributed by atoms with E-state index in [9.17, 15) is 9.59 Å². The highest BCUT2D eigenvalue weighted by molar-refractivity contribution is 7.17. The lowest BCUT2D eigenvalue weighted by Gasteiger charge is -2.36. The Bertz CT molecular complexity index is 592. The fourth-order valence-electron chi connectivity index (χ4n) is 3.03. The third-order valence-corrected chi connectivity index (χ3v) is 6.10. The van der Waals surface area contributed by atoms with Crippen LogP contribution in [0.15, 0.2) is 0 Å². The van der Waals surface area contributed by atoms with Crippen LogP contribution < -0.4 is 11.1 Å². The minimum atomic E-state index is -0.577. The number of hydrogen-bond donors (Lipinski definition) is 2. The van der Waals surface area contributed by atoms with Gasteiger partial charge >= 0.3 is 6.09 Å². The molecule has 5 nitrogen and oxygen atoms in total. The predicted octanol–water partition coefficient (Wildman–Crippen LogP) is 3.57. The first kappa shape index (κ1) is 16.8. The number of nitrogens with one attached hydrogen (secondary N) is 1. The zero-order valence-corrected chi connectivity index (χ0v) is 14.4. The van der Waals surface area contributed by atoms with Gasteiger partial charge in [-0.2, -0.15) is 0 Å². The summed E-state index contributed by atoms with van der Waals surface area (Å²) in [5.41, 5.74) is 7.25. The summed E-state index contributed by atoms with van der Waals surface area (Å²) in [5.74, 6) is 0.0902. The summed E-state index contributed by atoms with van der Waals surface area (Å²) in [6, 6.07) is 0. The van der Waals surface area contributed by atoms with Crippen LogP contribution in [0.5, 0.6) is 0 Å². The van der Waals surface area contributed by atoms with Crippen molar-refractivity contribution >= 4 is 28.3 Å². The molecule has 0 saturated carbocycles. The third kappa shape index (κ3) is 3.11. The van der Waals surface area contributed by atoms with Gasteiger partial charge in [0.1, 0.15) is 5.00 Å². The van der Waals surface area contributed by atoms with Gasteiger partial charge < -0.3 is 10.5 Å². The van der Waals surface area contributed by atoms with Crippen molar-refractivity contribution in [1.29, 1.82) is 0 Å². The van der Waals surface area contributed by atoms with E-state index in [0.717, 1.165) is 36.1 Å². The average Bonchev–Trinajstić information content (AvgIpc) is 2.83. The number of ether oxygens (including phenoxy) is 1. The van der Waals surface area contributed by atoms with Gasteiger partial charge in [0.15, 0.2) is 0 Å². The molecule has 0 aliphatic heterocycles. The minimum Gasteiger partial charge on any atom is -0.453 e. The number of hydrogen-bond acceptors (Lipinski definition) is 4. The Kier molecular flexibility index (Phi) is 4.80. The van der Waals surface area contributed by atoms with E-state index < -0.39 is 12.0 Å². The molecule has 1 heterocycles. The van der Waals surface area contributed by atoms with Gasteiger partial charge in [-0.3, -0.25) is 10.1 Å². The molecule has 0 fully saturated rings. The molecule has 1 aromatic heterocycles. The van der Waals surface area contributed by atoms with E-state index in [4.69, 9.17) is 5.73 Å². The van der Waals surface area contributed by atoms with Crippen molar-refractivity contribution in [2.24, 2.45) is 17.1 Å². The third-order valence-electron chi connectivity index (χ3n) is 4.93. The van der Waals surface area contributed by atoms with Crippen LogP contribution in [-0.4, -0.2) is 19.1 Å². The monoisotopic (exact) mass is 324 g/mol. The van der Waals surface area contributed by atoms with Crippen molar-refractivity contribution < 1.29 is 14.3 Å². The number of primary amides is 1. The lowest BCUT2D eigenvalue weighted by Crippen LogP contribution is -2.29. The van der Waals surface area contributed by atoms with E-state index in [-0.39, 0.29) is 5.41 Å². The molecule has 0 saturated heterocycles. The van der Waals surface area contributed by atoms with Crippen LogP contribution in [0.1, 0.15) is 54.4 Å². The van der Waals surface area contributed by atoms with E-state index in [2.05, 4.69) is 30.8 Å². The first-order valence-electron chi connectivity index (χ1n) is 7.59. The van der Waals surface area contributed by atoms with E-state index >= 15 is 0 Å². The quantitative estimate of drug-likeness (QED) is 0.888. The second-order valence-corrected chi connectivity index (χ2v) is 7.58.